The van der Waals surface area contributed by atoms with Crippen molar-refractivity contribution < 1.29 is 8.78 Å². The van der Waals surface area contributed by atoms with Gasteiger partial charge in [-0.1, -0.05) is 12.1 Å². The largest absolute Gasteiger partial charge is 0.324 e. The van der Waals surface area contributed by atoms with Gasteiger partial charge >= 0.3 is 0 Å². The first kappa shape index (κ1) is 12.7. The van der Waals surface area contributed by atoms with Crippen molar-refractivity contribution in [1.29, 1.82) is 0 Å². The second-order valence-electron chi connectivity index (χ2n) is 4.74. The lowest BCUT2D eigenvalue weighted by atomic mass is 10.0. The Bertz CT molecular complexity index is 778. The van der Waals surface area contributed by atoms with Crippen molar-refractivity contribution in [2.75, 3.05) is 0 Å². The first-order valence-corrected chi connectivity index (χ1v) is 6.24. The van der Waals surface area contributed by atoms with Gasteiger partial charge in [0.2, 0.25) is 0 Å². The fourth-order valence-corrected chi connectivity index (χ4v) is 2.36. The van der Waals surface area contributed by atoms with Crippen LogP contribution in [0.5, 0.6) is 0 Å². The Hall–Kier alpha value is -2.27. The van der Waals surface area contributed by atoms with Gasteiger partial charge in [-0.2, -0.15) is 0 Å². The van der Waals surface area contributed by atoms with Gasteiger partial charge in [-0.3, -0.25) is 4.40 Å². The Morgan fingerprint density at radius 3 is 2.75 bits per heavy atom. The molecule has 0 saturated carbocycles. The molecule has 3 aromatic rings. The number of hydrogen-bond acceptors (Lipinski definition) is 2. The summed E-state index contributed by atoms with van der Waals surface area (Å²) in [6, 6.07) is 7.16. The van der Waals surface area contributed by atoms with E-state index in [2.05, 4.69) is 4.98 Å². The van der Waals surface area contributed by atoms with E-state index in [4.69, 9.17) is 5.73 Å². The van der Waals surface area contributed by atoms with E-state index in [0.717, 1.165) is 0 Å². The Morgan fingerprint density at radius 2 is 2.05 bits per heavy atom. The monoisotopic (exact) mass is 273 g/mol. The molecule has 0 fully saturated rings. The molecule has 2 N–H and O–H groups in total. The summed E-state index contributed by atoms with van der Waals surface area (Å²) in [5, 5.41) is 0. The highest BCUT2D eigenvalue weighted by Crippen LogP contribution is 2.30. The molecular formula is C15H13F2N3. The number of hydrogen-bond donors (Lipinski definition) is 1. The molecule has 5 heteroatoms. The number of benzene rings is 1. The topological polar surface area (TPSA) is 43.3 Å². The van der Waals surface area contributed by atoms with Crippen LogP contribution in [0.1, 0.15) is 18.5 Å². The molecule has 0 aliphatic carbocycles. The molecule has 20 heavy (non-hydrogen) atoms. The molecule has 1 atom stereocenters. The Labute approximate surface area is 114 Å². The van der Waals surface area contributed by atoms with Crippen LogP contribution in [0.25, 0.3) is 16.8 Å². The summed E-state index contributed by atoms with van der Waals surface area (Å²) >= 11 is 0. The summed E-state index contributed by atoms with van der Waals surface area (Å²) in [4.78, 5) is 3.96. The van der Waals surface area contributed by atoms with E-state index >= 15 is 0 Å². The van der Waals surface area contributed by atoms with Crippen LogP contribution < -0.4 is 5.73 Å². The van der Waals surface area contributed by atoms with Crippen molar-refractivity contribution in [3.8, 4) is 11.3 Å². The van der Waals surface area contributed by atoms with Crippen LogP contribution in [-0.4, -0.2) is 9.38 Å². The lowest BCUT2D eigenvalue weighted by molar-refractivity contribution is 0.625. The zero-order chi connectivity index (χ0) is 14.3. The number of nitrogens with two attached hydrogens (primary N) is 1. The Balaban J connectivity index is 2.40. The van der Waals surface area contributed by atoms with Gasteiger partial charge in [0, 0.05) is 11.6 Å². The molecule has 0 saturated heterocycles. The van der Waals surface area contributed by atoms with Crippen LogP contribution in [0.2, 0.25) is 0 Å². The second-order valence-corrected chi connectivity index (χ2v) is 4.74. The normalized spacial score (nSPS) is 12.8. The highest BCUT2D eigenvalue weighted by molar-refractivity contribution is 5.69. The molecule has 0 bridgehead atoms. The zero-order valence-electron chi connectivity index (χ0n) is 10.8. The summed E-state index contributed by atoms with van der Waals surface area (Å²) in [5.74, 6) is -0.745. The molecule has 2 heterocycles. The number of imidazole rings is 1. The molecule has 2 aromatic heterocycles. The van der Waals surface area contributed by atoms with Crippen LogP contribution in [0, 0.1) is 11.6 Å². The molecule has 0 aliphatic rings. The van der Waals surface area contributed by atoms with Gasteiger partial charge < -0.3 is 5.73 Å². The summed E-state index contributed by atoms with van der Waals surface area (Å²) in [6.07, 6.45) is 2.94. The van der Waals surface area contributed by atoms with Crippen molar-refractivity contribution in [2.24, 2.45) is 5.73 Å². The molecule has 102 valence electrons. The van der Waals surface area contributed by atoms with Crippen LogP contribution in [0.4, 0.5) is 8.78 Å². The molecular weight excluding hydrogens is 260 g/mol. The van der Waals surface area contributed by atoms with Crippen molar-refractivity contribution in [1.82, 2.24) is 9.38 Å². The lowest BCUT2D eigenvalue weighted by Crippen LogP contribution is -2.10. The van der Waals surface area contributed by atoms with Crippen LogP contribution in [0.3, 0.4) is 0 Å². The third kappa shape index (κ3) is 1.96. The first-order valence-electron chi connectivity index (χ1n) is 6.24. The SMILES string of the molecule is CC(N)c1cc(F)c2cncn2c1-c1cccc(F)c1. The summed E-state index contributed by atoms with van der Waals surface area (Å²) in [6.45, 7) is 1.76. The van der Waals surface area contributed by atoms with Gasteiger partial charge in [0.25, 0.3) is 0 Å². The minimum Gasteiger partial charge on any atom is -0.324 e. The third-order valence-electron chi connectivity index (χ3n) is 3.27. The van der Waals surface area contributed by atoms with E-state index in [9.17, 15) is 8.78 Å². The van der Waals surface area contributed by atoms with Crippen LogP contribution >= 0.6 is 0 Å². The van der Waals surface area contributed by atoms with Gasteiger partial charge in [0.05, 0.1) is 18.2 Å². The number of halogens is 2. The average molecular weight is 273 g/mol. The predicted octanol–water partition coefficient (Wildman–Crippen LogP) is 3.30. The molecule has 1 unspecified atom stereocenters. The van der Waals surface area contributed by atoms with Crippen molar-refractivity contribution in [2.45, 2.75) is 13.0 Å². The maximum absolute atomic E-state index is 14.0. The smallest absolute Gasteiger partial charge is 0.149 e. The van der Waals surface area contributed by atoms with Gasteiger partial charge in [0.1, 0.15) is 17.2 Å². The molecule has 0 radical (unpaired) electrons. The Kier molecular flexibility index (Phi) is 2.99. The Morgan fingerprint density at radius 1 is 1.25 bits per heavy atom. The summed E-state index contributed by atoms with van der Waals surface area (Å²) in [5.41, 5.74) is 8.18. The minimum absolute atomic E-state index is 0.341. The maximum Gasteiger partial charge on any atom is 0.149 e. The number of nitrogens with zero attached hydrogens (tertiary/aromatic N) is 2. The lowest BCUT2D eigenvalue weighted by Gasteiger charge is -2.16. The maximum atomic E-state index is 14.0. The first-order chi connectivity index (χ1) is 9.58. The minimum atomic E-state index is -0.394. The molecule has 0 spiro atoms. The van der Waals surface area contributed by atoms with E-state index < -0.39 is 5.82 Å². The number of aromatic nitrogens is 2. The van der Waals surface area contributed by atoms with E-state index in [0.29, 0.717) is 22.3 Å². The fourth-order valence-electron chi connectivity index (χ4n) is 2.36. The zero-order valence-corrected chi connectivity index (χ0v) is 10.8. The molecule has 0 aliphatic heterocycles. The third-order valence-corrected chi connectivity index (χ3v) is 3.27. The van der Waals surface area contributed by atoms with E-state index in [-0.39, 0.29) is 11.9 Å². The van der Waals surface area contributed by atoms with E-state index in [1.807, 2.05) is 0 Å². The van der Waals surface area contributed by atoms with Crippen molar-refractivity contribution in [3.63, 3.8) is 0 Å². The number of fused-ring (bicyclic) bond motifs is 1. The molecule has 3 rings (SSSR count). The predicted molar refractivity (Wildman–Crippen MR) is 73.1 cm³/mol. The average Bonchev–Trinajstić information content (AvgIpc) is 2.88. The summed E-state index contributed by atoms with van der Waals surface area (Å²) in [7, 11) is 0. The second kappa shape index (κ2) is 4.68. The van der Waals surface area contributed by atoms with E-state index in [1.54, 1.807) is 23.5 Å². The highest BCUT2D eigenvalue weighted by Gasteiger charge is 2.17. The number of rotatable bonds is 2. The van der Waals surface area contributed by atoms with Crippen LogP contribution in [-0.2, 0) is 0 Å². The molecule has 0 amide bonds. The molecule has 3 nitrogen and oxygen atoms in total. The standard InChI is InChI=1S/C15H13F2N3/c1-9(18)12-6-13(17)14-7-19-8-20(14)15(12)10-3-2-4-11(16)5-10/h2-9H,18H2,1H3. The van der Waals surface area contributed by atoms with Crippen molar-refractivity contribution >= 4 is 5.52 Å². The fraction of sp³-hybridized carbons (Fsp3) is 0.133. The quantitative estimate of drug-likeness (QED) is 0.778. The van der Waals surface area contributed by atoms with Crippen molar-refractivity contribution in [3.05, 3.63) is 60.1 Å². The van der Waals surface area contributed by atoms with Gasteiger partial charge in [0.15, 0.2) is 0 Å². The van der Waals surface area contributed by atoms with Gasteiger partial charge in [-0.05, 0) is 30.7 Å². The summed E-state index contributed by atoms with van der Waals surface area (Å²) < 4.78 is 29.1. The van der Waals surface area contributed by atoms with Gasteiger partial charge in [-0.25, -0.2) is 13.8 Å². The molecule has 1 aromatic carbocycles. The van der Waals surface area contributed by atoms with E-state index in [1.165, 1.54) is 30.7 Å². The highest BCUT2D eigenvalue weighted by atomic mass is 19.1. The van der Waals surface area contributed by atoms with Gasteiger partial charge in [-0.15, -0.1) is 0 Å². The number of pyridine rings is 1. The van der Waals surface area contributed by atoms with Crippen LogP contribution in [0.15, 0.2) is 42.9 Å².